The van der Waals surface area contributed by atoms with Gasteiger partial charge in [-0.3, -0.25) is 4.57 Å². The van der Waals surface area contributed by atoms with Crippen LogP contribution in [0.1, 0.15) is 0 Å². The molecule has 11 aromatic rings. The monoisotopic (exact) mass is 715 g/mol. The summed E-state index contributed by atoms with van der Waals surface area (Å²) < 4.78 is 4.67. The second-order valence-corrected chi connectivity index (χ2v) is 14.0. The maximum Gasteiger partial charge on any atom is 0.238 e. The van der Waals surface area contributed by atoms with Crippen LogP contribution in [0.3, 0.4) is 0 Å². The maximum atomic E-state index is 5.26. The minimum absolute atomic E-state index is 0.566. The van der Waals surface area contributed by atoms with E-state index in [0.717, 1.165) is 60.8 Å². The largest absolute Gasteiger partial charge is 0.309 e. The highest BCUT2D eigenvalue weighted by molar-refractivity contribution is 6.29. The Kier molecular flexibility index (Phi) is 7.42. The highest BCUT2D eigenvalue weighted by atomic mass is 15.2. The molecule has 8 aromatic carbocycles. The van der Waals surface area contributed by atoms with Gasteiger partial charge in [0, 0.05) is 38.4 Å². The number of para-hydroxylation sites is 3. The van der Waals surface area contributed by atoms with Crippen molar-refractivity contribution >= 4 is 43.6 Å². The van der Waals surface area contributed by atoms with Crippen LogP contribution in [0.4, 0.5) is 0 Å². The molecule has 0 N–H and O–H groups in total. The lowest BCUT2D eigenvalue weighted by molar-refractivity contribution is 0.953. The third kappa shape index (κ3) is 5.13. The molecule has 0 amide bonds. The minimum atomic E-state index is 0.566. The summed E-state index contributed by atoms with van der Waals surface area (Å²) >= 11 is 0. The highest BCUT2D eigenvalue weighted by Crippen LogP contribution is 2.46. The first-order chi connectivity index (χ1) is 27.8. The topological polar surface area (TPSA) is 48.5 Å². The van der Waals surface area contributed by atoms with Crippen LogP contribution in [0.2, 0.25) is 0 Å². The van der Waals surface area contributed by atoms with Crippen molar-refractivity contribution in [3.63, 3.8) is 0 Å². The van der Waals surface area contributed by atoms with Gasteiger partial charge in [-0.2, -0.15) is 9.97 Å². The first-order valence-corrected chi connectivity index (χ1v) is 18.9. The predicted octanol–water partition coefficient (Wildman–Crippen LogP) is 12.7. The van der Waals surface area contributed by atoms with Gasteiger partial charge in [-0.15, -0.1) is 0 Å². The third-order valence-corrected chi connectivity index (χ3v) is 10.8. The van der Waals surface area contributed by atoms with Gasteiger partial charge in [0.05, 0.1) is 22.1 Å². The molecule has 0 atom stereocenters. The summed E-state index contributed by atoms with van der Waals surface area (Å²) in [6.45, 7) is 0. The molecule has 0 saturated carbocycles. The molecule has 0 aliphatic carbocycles. The molecule has 11 rings (SSSR count). The fourth-order valence-corrected chi connectivity index (χ4v) is 8.26. The standard InChI is InChI=1S/C51H33N5/c1-5-17-34(18-6-1)35-29-31-36(32-30-35)42-33-45-47(48-46(42)40-25-13-15-27-43(40)55(48)39-23-11-4-12-24-39)41-26-14-16-28-44(41)56(45)51-53-49(37-19-7-2-8-20-37)52-50(54-51)38-21-9-3-10-22-38/h1-33H. The summed E-state index contributed by atoms with van der Waals surface area (Å²) in [5, 5.41) is 4.67. The first kappa shape index (κ1) is 31.9. The molecule has 0 radical (unpaired) electrons. The normalized spacial score (nSPS) is 11.6. The van der Waals surface area contributed by atoms with E-state index in [1.54, 1.807) is 0 Å². The van der Waals surface area contributed by atoms with Gasteiger partial charge in [-0.05, 0) is 52.6 Å². The molecule has 3 aromatic heterocycles. The van der Waals surface area contributed by atoms with E-state index in [4.69, 9.17) is 15.0 Å². The van der Waals surface area contributed by atoms with Crippen molar-refractivity contribution in [2.45, 2.75) is 0 Å². The van der Waals surface area contributed by atoms with Crippen LogP contribution in [0.5, 0.6) is 0 Å². The van der Waals surface area contributed by atoms with Crippen LogP contribution in [0.15, 0.2) is 200 Å². The Labute approximate surface area is 323 Å². The summed E-state index contributed by atoms with van der Waals surface area (Å²) in [6, 6.07) is 70.3. The van der Waals surface area contributed by atoms with Crippen molar-refractivity contribution in [2.24, 2.45) is 0 Å². The first-order valence-electron chi connectivity index (χ1n) is 18.9. The average Bonchev–Trinajstić information content (AvgIpc) is 3.80. The van der Waals surface area contributed by atoms with Crippen molar-refractivity contribution < 1.29 is 0 Å². The second-order valence-electron chi connectivity index (χ2n) is 14.0. The lowest BCUT2D eigenvalue weighted by Crippen LogP contribution is -2.06. The zero-order chi connectivity index (χ0) is 37.0. The Hall–Kier alpha value is -7.63. The summed E-state index contributed by atoms with van der Waals surface area (Å²) in [5.74, 6) is 1.81. The number of fused-ring (bicyclic) bond motifs is 7. The van der Waals surface area contributed by atoms with Gasteiger partial charge in [-0.25, -0.2) is 4.98 Å². The van der Waals surface area contributed by atoms with Crippen LogP contribution in [0, 0.1) is 0 Å². The molecular weight excluding hydrogens is 683 g/mol. The molecule has 0 fully saturated rings. The van der Waals surface area contributed by atoms with E-state index in [9.17, 15) is 0 Å². The SMILES string of the molecule is c1ccc(-c2ccc(-c3cc4c(c5ccccc5n4-c4nc(-c5ccccc5)nc(-c5ccccc5)n4)c4c3c3ccccc3n4-c3ccccc3)cc2)cc1. The van der Waals surface area contributed by atoms with E-state index in [-0.39, 0.29) is 0 Å². The Morgan fingerprint density at radius 2 is 0.768 bits per heavy atom. The van der Waals surface area contributed by atoms with Crippen LogP contribution in [-0.4, -0.2) is 24.1 Å². The molecule has 56 heavy (non-hydrogen) atoms. The van der Waals surface area contributed by atoms with E-state index in [1.165, 1.54) is 21.9 Å². The number of nitrogens with zero attached hydrogens (tertiary/aromatic N) is 5. The minimum Gasteiger partial charge on any atom is -0.309 e. The molecule has 0 unspecified atom stereocenters. The Morgan fingerprint density at radius 3 is 1.36 bits per heavy atom. The Balaban J connectivity index is 1.30. The van der Waals surface area contributed by atoms with Gasteiger partial charge in [0.1, 0.15) is 0 Å². The highest BCUT2D eigenvalue weighted by Gasteiger charge is 2.25. The second kappa shape index (κ2) is 13.0. The number of hydrogen-bond acceptors (Lipinski definition) is 3. The molecule has 5 heteroatoms. The number of benzene rings is 8. The van der Waals surface area contributed by atoms with Gasteiger partial charge < -0.3 is 4.57 Å². The molecule has 0 bridgehead atoms. The van der Waals surface area contributed by atoms with Crippen molar-refractivity contribution in [2.75, 3.05) is 0 Å². The molecule has 3 heterocycles. The summed E-state index contributed by atoms with van der Waals surface area (Å²) in [5.41, 5.74) is 12.0. The molecule has 0 aliphatic heterocycles. The maximum absolute atomic E-state index is 5.26. The van der Waals surface area contributed by atoms with Crippen LogP contribution < -0.4 is 0 Å². The van der Waals surface area contributed by atoms with Gasteiger partial charge in [-0.1, -0.05) is 170 Å². The zero-order valence-corrected chi connectivity index (χ0v) is 30.3. The fourth-order valence-electron chi connectivity index (χ4n) is 8.26. The van der Waals surface area contributed by atoms with Crippen molar-refractivity contribution in [3.8, 4) is 56.7 Å². The van der Waals surface area contributed by atoms with E-state index in [0.29, 0.717) is 17.6 Å². The van der Waals surface area contributed by atoms with Crippen LogP contribution >= 0.6 is 0 Å². The van der Waals surface area contributed by atoms with Crippen molar-refractivity contribution in [1.82, 2.24) is 24.1 Å². The van der Waals surface area contributed by atoms with E-state index in [2.05, 4.69) is 173 Å². The molecule has 262 valence electrons. The number of aromatic nitrogens is 5. The number of hydrogen-bond donors (Lipinski definition) is 0. The smallest absolute Gasteiger partial charge is 0.238 e. The fraction of sp³-hybridized carbons (Fsp3) is 0. The predicted molar refractivity (Wildman–Crippen MR) is 230 cm³/mol. The van der Waals surface area contributed by atoms with Gasteiger partial charge >= 0.3 is 0 Å². The van der Waals surface area contributed by atoms with Crippen molar-refractivity contribution in [3.05, 3.63) is 200 Å². The Morgan fingerprint density at radius 1 is 0.321 bits per heavy atom. The summed E-state index contributed by atoms with van der Waals surface area (Å²) in [7, 11) is 0. The molecule has 0 aliphatic rings. The summed E-state index contributed by atoms with van der Waals surface area (Å²) in [6.07, 6.45) is 0. The van der Waals surface area contributed by atoms with Gasteiger partial charge in [0.25, 0.3) is 0 Å². The van der Waals surface area contributed by atoms with Gasteiger partial charge in [0.15, 0.2) is 11.6 Å². The van der Waals surface area contributed by atoms with E-state index < -0.39 is 0 Å². The van der Waals surface area contributed by atoms with E-state index in [1.807, 2.05) is 36.4 Å². The zero-order valence-electron chi connectivity index (χ0n) is 30.3. The average molecular weight is 716 g/mol. The van der Waals surface area contributed by atoms with Crippen LogP contribution in [-0.2, 0) is 0 Å². The quantitative estimate of drug-likeness (QED) is 0.172. The molecule has 0 saturated heterocycles. The lowest BCUT2D eigenvalue weighted by atomic mass is 9.95. The Bertz CT molecular complexity index is 3150. The third-order valence-electron chi connectivity index (χ3n) is 10.8. The van der Waals surface area contributed by atoms with Gasteiger partial charge in [0.2, 0.25) is 5.95 Å². The summed E-state index contributed by atoms with van der Waals surface area (Å²) in [4.78, 5) is 15.5. The van der Waals surface area contributed by atoms with Crippen LogP contribution in [0.25, 0.3) is 100 Å². The van der Waals surface area contributed by atoms with E-state index >= 15 is 0 Å². The van der Waals surface area contributed by atoms with Crippen molar-refractivity contribution in [1.29, 1.82) is 0 Å². The number of rotatable bonds is 6. The molecular formula is C51H33N5. The molecule has 0 spiro atoms. The molecule has 5 nitrogen and oxygen atoms in total. The lowest BCUT2D eigenvalue weighted by Gasteiger charge is -2.13.